The topological polar surface area (TPSA) is 85.3 Å². The van der Waals surface area contributed by atoms with E-state index in [9.17, 15) is 10.1 Å². The number of rotatable bonds is 5. The molecule has 0 aliphatic heterocycles. The molecule has 7 nitrogen and oxygen atoms in total. The molecule has 0 aliphatic carbocycles. The van der Waals surface area contributed by atoms with Crippen molar-refractivity contribution in [2.75, 3.05) is 5.43 Å². The molecule has 0 atom stereocenters. The van der Waals surface area contributed by atoms with Gasteiger partial charge in [0.25, 0.3) is 0 Å². The minimum Gasteiger partial charge on any atom is -0.318 e. The van der Waals surface area contributed by atoms with E-state index in [1.165, 1.54) is 18.3 Å². The molecule has 3 aromatic rings. The van der Waals surface area contributed by atoms with Crippen molar-refractivity contribution < 1.29 is 4.92 Å². The first-order valence-corrected chi connectivity index (χ1v) is 8.88. The van der Waals surface area contributed by atoms with Gasteiger partial charge in [-0.1, -0.05) is 6.07 Å². The number of aromatic nitrogens is 2. The summed E-state index contributed by atoms with van der Waals surface area (Å²) in [5.41, 5.74) is 6.66. The van der Waals surface area contributed by atoms with Crippen LogP contribution in [0.25, 0.3) is 5.69 Å². The van der Waals surface area contributed by atoms with Crippen LogP contribution in [0.5, 0.6) is 0 Å². The summed E-state index contributed by atoms with van der Waals surface area (Å²) >= 11 is 2.29. The predicted molar refractivity (Wildman–Crippen MR) is 110 cm³/mol. The fourth-order valence-electron chi connectivity index (χ4n) is 2.72. The number of nitro groups is 1. The Morgan fingerprint density at radius 3 is 2.81 bits per heavy atom. The maximum Gasteiger partial charge on any atom is 0.313 e. The van der Waals surface area contributed by atoms with Crippen molar-refractivity contribution in [3.8, 4) is 5.69 Å². The zero-order chi connectivity index (χ0) is 18.7. The highest BCUT2D eigenvalue weighted by molar-refractivity contribution is 14.1. The second-order valence-electron chi connectivity index (χ2n) is 5.64. The van der Waals surface area contributed by atoms with Crippen molar-refractivity contribution in [3.05, 3.63) is 79.3 Å². The van der Waals surface area contributed by atoms with Crippen LogP contribution in [0, 0.1) is 27.5 Å². The molecule has 8 heteroatoms. The Kier molecular flexibility index (Phi) is 5.31. The zero-order valence-electron chi connectivity index (χ0n) is 14.2. The molecule has 1 aromatic carbocycles. The van der Waals surface area contributed by atoms with E-state index in [0.29, 0.717) is 0 Å². The normalized spacial score (nSPS) is 11.0. The molecule has 1 N–H and O–H groups in total. The number of nitrogens with one attached hydrogen (secondary N) is 1. The van der Waals surface area contributed by atoms with Gasteiger partial charge in [-0.15, -0.1) is 0 Å². The molecule has 0 aliphatic rings. The van der Waals surface area contributed by atoms with E-state index < -0.39 is 4.92 Å². The molecule has 0 spiro atoms. The number of aryl methyl sites for hydroxylation is 1. The molecule has 0 unspecified atom stereocenters. The molecule has 0 bridgehead atoms. The van der Waals surface area contributed by atoms with E-state index in [2.05, 4.69) is 54.8 Å². The largest absolute Gasteiger partial charge is 0.318 e. The fourth-order valence-corrected chi connectivity index (χ4v) is 3.25. The van der Waals surface area contributed by atoms with Crippen LogP contribution < -0.4 is 5.43 Å². The molecule has 0 fully saturated rings. The second kappa shape index (κ2) is 7.65. The highest BCUT2D eigenvalue weighted by Crippen LogP contribution is 2.22. The first kappa shape index (κ1) is 18.1. The quantitative estimate of drug-likeness (QED) is 0.263. The number of pyridine rings is 1. The van der Waals surface area contributed by atoms with Gasteiger partial charge in [-0.25, -0.2) is 4.98 Å². The second-order valence-corrected chi connectivity index (χ2v) is 6.89. The fraction of sp³-hybridized carbons (Fsp3) is 0.111. The van der Waals surface area contributed by atoms with Crippen molar-refractivity contribution in [1.82, 2.24) is 9.55 Å². The van der Waals surface area contributed by atoms with Crippen LogP contribution in [0.1, 0.15) is 17.0 Å². The maximum absolute atomic E-state index is 11.0. The number of nitrogens with zero attached hydrogens (tertiary/aromatic N) is 4. The van der Waals surface area contributed by atoms with Crippen LogP contribution in [0.2, 0.25) is 0 Å². The predicted octanol–water partition coefficient (Wildman–Crippen LogP) is 4.45. The highest BCUT2D eigenvalue weighted by Gasteiger charge is 2.13. The molecule has 2 heterocycles. The minimum atomic E-state index is -0.492. The number of anilines is 1. The Labute approximate surface area is 164 Å². The third-order valence-corrected chi connectivity index (χ3v) is 4.56. The molecule has 0 amide bonds. The molecule has 3 rings (SSSR count). The molecule has 0 saturated heterocycles. The van der Waals surface area contributed by atoms with Gasteiger partial charge in [0.1, 0.15) is 0 Å². The molecule has 132 valence electrons. The average molecular weight is 461 g/mol. The number of benzene rings is 1. The van der Waals surface area contributed by atoms with Crippen LogP contribution in [-0.2, 0) is 0 Å². The number of halogens is 1. The van der Waals surface area contributed by atoms with E-state index >= 15 is 0 Å². The summed E-state index contributed by atoms with van der Waals surface area (Å²) in [6.45, 7) is 4.04. The van der Waals surface area contributed by atoms with Crippen LogP contribution in [-0.4, -0.2) is 20.7 Å². The van der Waals surface area contributed by atoms with Gasteiger partial charge >= 0.3 is 5.69 Å². The summed E-state index contributed by atoms with van der Waals surface area (Å²) in [6.07, 6.45) is 3.12. The third-order valence-electron chi connectivity index (χ3n) is 3.89. The number of hydrogen-bond acceptors (Lipinski definition) is 5. The minimum absolute atomic E-state index is 0.111. The highest BCUT2D eigenvalue weighted by atomic mass is 127. The van der Waals surface area contributed by atoms with Crippen LogP contribution in [0.4, 0.5) is 11.5 Å². The van der Waals surface area contributed by atoms with Gasteiger partial charge in [-0.2, -0.15) is 5.10 Å². The summed E-state index contributed by atoms with van der Waals surface area (Å²) in [5.74, 6) is 0.111. The molecule has 2 aromatic heterocycles. The first-order chi connectivity index (χ1) is 12.5. The van der Waals surface area contributed by atoms with Gasteiger partial charge in [-0.3, -0.25) is 15.5 Å². The van der Waals surface area contributed by atoms with Crippen molar-refractivity contribution >= 4 is 40.3 Å². The Morgan fingerprint density at radius 2 is 2.08 bits per heavy atom. The van der Waals surface area contributed by atoms with Crippen molar-refractivity contribution in [2.24, 2.45) is 5.10 Å². The Morgan fingerprint density at radius 1 is 1.27 bits per heavy atom. The lowest BCUT2D eigenvalue weighted by molar-refractivity contribution is -0.384. The van der Waals surface area contributed by atoms with Crippen LogP contribution in [0.15, 0.2) is 53.8 Å². The van der Waals surface area contributed by atoms with Gasteiger partial charge in [-0.05, 0) is 66.8 Å². The lowest BCUT2D eigenvalue weighted by Crippen LogP contribution is -2.01. The summed E-state index contributed by atoms with van der Waals surface area (Å²) in [4.78, 5) is 14.5. The summed E-state index contributed by atoms with van der Waals surface area (Å²) in [6, 6.07) is 13.1. The molecular weight excluding hydrogens is 445 g/mol. The summed E-state index contributed by atoms with van der Waals surface area (Å²) < 4.78 is 3.30. The van der Waals surface area contributed by atoms with Crippen LogP contribution >= 0.6 is 22.6 Å². The average Bonchev–Trinajstić information content (AvgIpc) is 2.89. The van der Waals surface area contributed by atoms with Gasteiger partial charge in [0.15, 0.2) is 0 Å². The van der Waals surface area contributed by atoms with Gasteiger partial charge in [0, 0.05) is 38.5 Å². The van der Waals surface area contributed by atoms with E-state index in [4.69, 9.17) is 0 Å². The number of hydrogen-bond donors (Lipinski definition) is 1. The molecule has 26 heavy (non-hydrogen) atoms. The van der Waals surface area contributed by atoms with Crippen molar-refractivity contribution in [3.63, 3.8) is 0 Å². The lowest BCUT2D eigenvalue weighted by atomic mass is 10.2. The smallest absolute Gasteiger partial charge is 0.313 e. The standard InChI is InChI=1S/C18H16IN5O2/c1-12-9-14(13(2)23(12)16-6-3-5-15(19)10-16)11-21-22-18-17(24(25)26)7-4-8-20-18/h3-11H,1-2H3,(H,20,22). The van der Waals surface area contributed by atoms with Gasteiger partial charge < -0.3 is 4.57 Å². The Bertz CT molecular complexity index is 997. The molecule has 0 saturated carbocycles. The van der Waals surface area contributed by atoms with Crippen LogP contribution in [0.3, 0.4) is 0 Å². The Balaban J connectivity index is 1.87. The Hall–Kier alpha value is -2.75. The summed E-state index contributed by atoms with van der Waals surface area (Å²) in [7, 11) is 0. The first-order valence-electron chi connectivity index (χ1n) is 7.80. The summed E-state index contributed by atoms with van der Waals surface area (Å²) in [5, 5.41) is 15.1. The SMILES string of the molecule is Cc1cc(C=NNc2ncccc2[N+](=O)[O-])c(C)n1-c1cccc(I)c1. The van der Waals surface area contributed by atoms with E-state index in [1.54, 1.807) is 6.21 Å². The molecule has 0 radical (unpaired) electrons. The van der Waals surface area contributed by atoms with E-state index in [0.717, 1.165) is 26.2 Å². The molecular formula is C18H16IN5O2. The monoisotopic (exact) mass is 461 g/mol. The van der Waals surface area contributed by atoms with Crippen molar-refractivity contribution in [1.29, 1.82) is 0 Å². The van der Waals surface area contributed by atoms with Gasteiger partial charge in [0.2, 0.25) is 5.82 Å². The van der Waals surface area contributed by atoms with E-state index in [-0.39, 0.29) is 11.5 Å². The number of hydrazone groups is 1. The van der Waals surface area contributed by atoms with E-state index in [1.807, 2.05) is 32.0 Å². The lowest BCUT2D eigenvalue weighted by Gasteiger charge is -2.09. The third kappa shape index (κ3) is 3.74. The zero-order valence-corrected chi connectivity index (χ0v) is 16.3. The maximum atomic E-state index is 11.0. The van der Waals surface area contributed by atoms with Gasteiger partial charge in [0.05, 0.1) is 11.1 Å². The van der Waals surface area contributed by atoms with Crippen molar-refractivity contribution in [2.45, 2.75) is 13.8 Å².